The summed E-state index contributed by atoms with van der Waals surface area (Å²) < 4.78 is 1.85. The van der Waals surface area contributed by atoms with E-state index in [4.69, 9.17) is 5.73 Å². The Morgan fingerprint density at radius 3 is 2.73 bits per heavy atom. The van der Waals surface area contributed by atoms with Crippen LogP contribution in [0.25, 0.3) is 5.69 Å². The Labute approximate surface area is 132 Å². The molecule has 118 valence electrons. The van der Waals surface area contributed by atoms with Gasteiger partial charge in [-0.25, -0.2) is 4.68 Å². The first-order valence-electron chi connectivity index (χ1n) is 7.78. The van der Waals surface area contributed by atoms with E-state index in [1.165, 1.54) is 5.56 Å². The number of aliphatic imine (C=N–C) groups is 1. The fraction of sp³-hybridized carbons (Fsp3) is 0.412. The molecule has 22 heavy (non-hydrogen) atoms. The third kappa shape index (κ3) is 5.24. The molecule has 0 atom stereocenters. The fourth-order valence-corrected chi connectivity index (χ4v) is 2.07. The summed E-state index contributed by atoms with van der Waals surface area (Å²) in [5.74, 6) is 1.19. The van der Waals surface area contributed by atoms with Crippen molar-refractivity contribution in [2.75, 3.05) is 13.1 Å². The summed E-state index contributed by atoms with van der Waals surface area (Å²) >= 11 is 0. The second-order valence-corrected chi connectivity index (χ2v) is 5.74. The van der Waals surface area contributed by atoms with Gasteiger partial charge in [-0.2, -0.15) is 5.10 Å². The molecule has 2 aromatic rings. The lowest BCUT2D eigenvalue weighted by Crippen LogP contribution is -2.33. The quantitative estimate of drug-likeness (QED) is 0.609. The van der Waals surface area contributed by atoms with Crippen molar-refractivity contribution in [3.05, 3.63) is 48.3 Å². The summed E-state index contributed by atoms with van der Waals surface area (Å²) in [6.45, 7) is 5.95. The molecule has 2 rings (SSSR count). The monoisotopic (exact) mass is 299 g/mol. The van der Waals surface area contributed by atoms with Crippen LogP contribution >= 0.6 is 0 Å². The highest BCUT2D eigenvalue weighted by molar-refractivity contribution is 5.77. The molecule has 5 heteroatoms. The Hall–Kier alpha value is -2.30. The Bertz CT molecular complexity index is 570. The van der Waals surface area contributed by atoms with Crippen molar-refractivity contribution in [1.29, 1.82) is 0 Å². The number of nitrogens with zero attached hydrogens (tertiary/aromatic N) is 3. The van der Waals surface area contributed by atoms with Crippen molar-refractivity contribution in [1.82, 2.24) is 15.1 Å². The molecule has 0 amide bonds. The van der Waals surface area contributed by atoms with Crippen LogP contribution < -0.4 is 11.1 Å². The van der Waals surface area contributed by atoms with E-state index in [1.54, 1.807) is 6.20 Å². The third-order valence-corrected chi connectivity index (χ3v) is 3.41. The number of nitrogens with one attached hydrogen (secondary N) is 1. The van der Waals surface area contributed by atoms with Gasteiger partial charge in [0.1, 0.15) is 0 Å². The minimum atomic E-state index is 0.536. The van der Waals surface area contributed by atoms with Crippen LogP contribution in [0.1, 0.15) is 25.8 Å². The molecule has 0 aliphatic heterocycles. The van der Waals surface area contributed by atoms with Crippen LogP contribution in [0.5, 0.6) is 0 Å². The van der Waals surface area contributed by atoms with Crippen LogP contribution in [0.15, 0.2) is 47.7 Å². The Morgan fingerprint density at radius 2 is 2.09 bits per heavy atom. The Balaban J connectivity index is 1.75. The first-order valence-corrected chi connectivity index (χ1v) is 7.78. The van der Waals surface area contributed by atoms with Gasteiger partial charge in [0.15, 0.2) is 5.96 Å². The zero-order chi connectivity index (χ0) is 15.8. The van der Waals surface area contributed by atoms with Crippen LogP contribution in [0.4, 0.5) is 0 Å². The summed E-state index contributed by atoms with van der Waals surface area (Å²) in [6.07, 6.45) is 5.70. The zero-order valence-corrected chi connectivity index (χ0v) is 13.4. The maximum atomic E-state index is 5.84. The van der Waals surface area contributed by atoms with Gasteiger partial charge in [-0.3, -0.25) is 4.99 Å². The summed E-state index contributed by atoms with van der Waals surface area (Å²) in [5, 5.41) is 7.37. The van der Waals surface area contributed by atoms with Gasteiger partial charge in [-0.1, -0.05) is 26.0 Å². The number of guanidine groups is 1. The molecule has 1 aromatic carbocycles. The smallest absolute Gasteiger partial charge is 0.188 e. The SMILES string of the molecule is CC(C)CCN=C(N)NCCc1ccc(-n2cccn2)cc1. The summed E-state index contributed by atoms with van der Waals surface area (Å²) in [7, 11) is 0. The number of hydrogen-bond donors (Lipinski definition) is 2. The molecule has 3 N–H and O–H groups in total. The first-order chi connectivity index (χ1) is 10.6. The van der Waals surface area contributed by atoms with E-state index in [-0.39, 0.29) is 0 Å². The number of benzene rings is 1. The average molecular weight is 299 g/mol. The lowest BCUT2D eigenvalue weighted by atomic mass is 10.1. The fourth-order valence-electron chi connectivity index (χ4n) is 2.07. The van der Waals surface area contributed by atoms with Crippen molar-refractivity contribution >= 4 is 5.96 Å². The second-order valence-electron chi connectivity index (χ2n) is 5.74. The van der Waals surface area contributed by atoms with Gasteiger partial charge >= 0.3 is 0 Å². The van der Waals surface area contributed by atoms with Crippen LogP contribution in [-0.4, -0.2) is 28.8 Å². The zero-order valence-electron chi connectivity index (χ0n) is 13.4. The van der Waals surface area contributed by atoms with E-state index in [1.807, 2.05) is 16.9 Å². The molecule has 0 aliphatic rings. The molecule has 0 aliphatic carbocycles. The molecule has 0 bridgehead atoms. The number of rotatable bonds is 7. The number of aromatic nitrogens is 2. The predicted molar refractivity (Wildman–Crippen MR) is 91.2 cm³/mol. The van der Waals surface area contributed by atoms with E-state index in [9.17, 15) is 0 Å². The van der Waals surface area contributed by atoms with E-state index in [0.29, 0.717) is 11.9 Å². The molecule has 1 aromatic heterocycles. The van der Waals surface area contributed by atoms with E-state index >= 15 is 0 Å². The topological polar surface area (TPSA) is 68.2 Å². The highest BCUT2D eigenvalue weighted by atomic mass is 15.3. The van der Waals surface area contributed by atoms with E-state index in [2.05, 4.69) is 53.5 Å². The highest BCUT2D eigenvalue weighted by Gasteiger charge is 1.98. The summed E-state index contributed by atoms with van der Waals surface area (Å²) in [5.41, 5.74) is 8.17. The summed E-state index contributed by atoms with van der Waals surface area (Å²) in [6, 6.07) is 10.3. The molecule has 1 heterocycles. The van der Waals surface area contributed by atoms with Gasteiger partial charge < -0.3 is 11.1 Å². The predicted octanol–water partition coefficient (Wildman–Crippen LogP) is 2.37. The van der Waals surface area contributed by atoms with Crippen molar-refractivity contribution in [3.63, 3.8) is 0 Å². The van der Waals surface area contributed by atoms with Crippen LogP contribution in [-0.2, 0) is 6.42 Å². The largest absolute Gasteiger partial charge is 0.370 e. The van der Waals surface area contributed by atoms with Gasteiger partial charge in [-0.15, -0.1) is 0 Å². The minimum Gasteiger partial charge on any atom is -0.370 e. The highest BCUT2D eigenvalue weighted by Crippen LogP contribution is 2.08. The van der Waals surface area contributed by atoms with Gasteiger partial charge in [0, 0.05) is 25.5 Å². The lowest BCUT2D eigenvalue weighted by Gasteiger charge is -2.07. The lowest BCUT2D eigenvalue weighted by molar-refractivity contribution is 0.595. The number of hydrogen-bond acceptors (Lipinski definition) is 2. The maximum Gasteiger partial charge on any atom is 0.188 e. The third-order valence-electron chi connectivity index (χ3n) is 3.41. The van der Waals surface area contributed by atoms with Gasteiger partial charge in [-0.05, 0) is 42.5 Å². The van der Waals surface area contributed by atoms with Crippen LogP contribution in [0.3, 0.4) is 0 Å². The second kappa shape index (κ2) is 8.22. The molecule has 0 saturated heterocycles. The average Bonchev–Trinajstić information content (AvgIpc) is 3.02. The first kappa shape index (κ1) is 16.1. The van der Waals surface area contributed by atoms with Crippen LogP contribution in [0.2, 0.25) is 0 Å². The molecule has 5 nitrogen and oxygen atoms in total. The molecule has 0 saturated carbocycles. The minimum absolute atomic E-state index is 0.536. The molecular formula is C17H25N5. The van der Waals surface area contributed by atoms with Gasteiger partial charge in [0.05, 0.1) is 5.69 Å². The van der Waals surface area contributed by atoms with Crippen molar-refractivity contribution in [3.8, 4) is 5.69 Å². The molecule has 0 radical (unpaired) electrons. The van der Waals surface area contributed by atoms with Crippen LogP contribution in [0, 0.1) is 5.92 Å². The molecular weight excluding hydrogens is 274 g/mol. The van der Waals surface area contributed by atoms with Crippen molar-refractivity contribution in [2.45, 2.75) is 26.7 Å². The van der Waals surface area contributed by atoms with Crippen molar-refractivity contribution < 1.29 is 0 Å². The maximum absolute atomic E-state index is 5.84. The molecule has 0 fully saturated rings. The molecule has 0 unspecified atom stereocenters. The van der Waals surface area contributed by atoms with E-state index < -0.39 is 0 Å². The van der Waals surface area contributed by atoms with Gasteiger partial charge in [0.25, 0.3) is 0 Å². The Kier molecular flexibility index (Phi) is 6.01. The summed E-state index contributed by atoms with van der Waals surface area (Å²) in [4.78, 5) is 4.32. The van der Waals surface area contributed by atoms with Crippen molar-refractivity contribution in [2.24, 2.45) is 16.6 Å². The number of nitrogens with two attached hydrogens (primary N) is 1. The molecule has 0 spiro atoms. The normalized spacial score (nSPS) is 11.9. The van der Waals surface area contributed by atoms with E-state index in [0.717, 1.165) is 31.6 Å². The Morgan fingerprint density at radius 1 is 1.32 bits per heavy atom. The standard InChI is InChI=1S/C17H25N5/c1-14(2)8-11-19-17(18)20-12-9-15-4-6-16(7-5-15)22-13-3-10-21-22/h3-7,10,13-14H,8-9,11-12H2,1-2H3,(H3,18,19,20). The van der Waals surface area contributed by atoms with Gasteiger partial charge in [0.2, 0.25) is 0 Å².